The molecule has 0 fully saturated rings. The summed E-state index contributed by atoms with van der Waals surface area (Å²) in [5, 5.41) is 0. The fourth-order valence-corrected chi connectivity index (χ4v) is 1.85. The molecule has 0 bridgehead atoms. The van der Waals surface area contributed by atoms with Gasteiger partial charge in [-0.25, -0.2) is 0 Å². The molecule has 3 nitrogen and oxygen atoms in total. The molecule has 0 aliphatic rings. The number of ketones is 1. The summed E-state index contributed by atoms with van der Waals surface area (Å²) in [6.45, 7) is 0. The Morgan fingerprint density at radius 2 is 1.53 bits per heavy atom. The molecule has 0 spiro atoms. The second-order valence-electron chi connectivity index (χ2n) is 4.19. The Morgan fingerprint density at radius 1 is 0.947 bits per heavy atom. The molecule has 0 atom stereocenters. The van der Waals surface area contributed by atoms with Crippen molar-refractivity contribution in [1.82, 2.24) is 0 Å². The van der Waals surface area contributed by atoms with Crippen molar-refractivity contribution < 1.29 is 14.3 Å². The first-order valence-electron chi connectivity index (χ1n) is 6.03. The van der Waals surface area contributed by atoms with Crippen LogP contribution in [0.15, 0.2) is 48.5 Å². The Bertz CT molecular complexity index is 539. The van der Waals surface area contributed by atoms with Crippen molar-refractivity contribution >= 4 is 5.78 Å². The standard InChI is InChI=1S/C16H16O3/c1-18-14-9-13(10-15(11-14)19-2)16(17)8-12-6-4-3-5-7-12/h3-7,9-11H,8H2,1-2H3. The lowest BCUT2D eigenvalue weighted by molar-refractivity contribution is 0.0992. The van der Waals surface area contributed by atoms with Gasteiger partial charge in [0.1, 0.15) is 11.5 Å². The predicted molar refractivity (Wildman–Crippen MR) is 74.0 cm³/mol. The molecular formula is C16H16O3. The monoisotopic (exact) mass is 256 g/mol. The number of benzene rings is 2. The highest BCUT2D eigenvalue weighted by atomic mass is 16.5. The summed E-state index contributed by atoms with van der Waals surface area (Å²) < 4.78 is 10.3. The maximum absolute atomic E-state index is 12.2. The number of methoxy groups -OCH3 is 2. The Balaban J connectivity index is 2.23. The van der Waals surface area contributed by atoms with Gasteiger partial charge >= 0.3 is 0 Å². The van der Waals surface area contributed by atoms with Gasteiger partial charge in [0.15, 0.2) is 5.78 Å². The maximum atomic E-state index is 12.2. The van der Waals surface area contributed by atoms with Gasteiger partial charge < -0.3 is 9.47 Å². The van der Waals surface area contributed by atoms with Gasteiger partial charge in [0, 0.05) is 18.1 Å². The fourth-order valence-electron chi connectivity index (χ4n) is 1.85. The second-order valence-corrected chi connectivity index (χ2v) is 4.19. The molecule has 0 aromatic heterocycles. The van der Waals surface area contributed by atoms with Crippen molar-refractivity contribution in [3.05, 3.63) is 59.7 Å². The van der Waals surface area contributed by atoms with Gasteiger partial charge in [0.25, 0.3) is 0 Å². The first-order chi connectivity index (χ1) is 9.22. The van der Waals surface area contributed by atoms with Gasteiger partial charge in [-0.05, 0) is 17.7 Å². The molecule has 0 unspecified atom stereocenters. The third kappa shape index (κ3) is 3.35. The number of Topliss-reactive ketones (excluding diaryl/α,β-unsaturated/α-hetero) is 1. The van der Waals surface area contributed by atoms with Gasteiger partial charge in [-0.1, -0.05) is 30.3 Å². The van der Waals surface area contributed by atoms with E-state index in [0.29, 0.717) is 23.5 Å². The lowest BCUT2D eigenvalue weighted by Gasteiger charge is -2.08. The van der Waals surface area contributed by atoms with Crippen LogP contribution < -0.4 is 9.47 Å². The number of hydrogen-bond acceptors (Lipinski definition) is 3. The molecule has 0 saturated carbocycles. The van der Waals surface area contributed by atoms with E-state index in [1.807, 2.05) is 30.3 Å². The molecule has 0 aliphatic carbocycles. The molecule has 0 radical (unpaired) electrons. The summed E-state index contributed by atoms with van der Waals surface area (Å²) >= 11 is 0. The number of ether oxygens (including phenoxy) is 2. The Kier molecular flexibility index (Phi) is 4.18. The van der Waals surface area contributed by atoms with E-state index in [0.717, 1.165) is 5.56 Å². The third-order valence-electron chi connectivity index (χ3n) is 2.88. The van der Waals surface area contributed by atoms with Crippen molar-refractivity contribution in [2.24, 2.45) is 0 Å². The van der Waals surface area contributed by atoms with Gasteiger partial charge in [-0.15, -0.1) is 0 Å². The van der Waals surface area contributed by atoms with Crippen LogP contribution in [-0.4, -0.2) is 20.0 Å². The molecule has 2 aromatic rings. The molecule has 0 saturated heterocycles. The van der Waals surface area contributed by atoms with E-state index in [9.17, 15) is 4.79 Å². The molecule has 0 amide bonds. The minimum Gasteiger partial charge on any atom is -0.497 e. The minimum atomic E-state index is 0.0448. The van der Waals surface area contributed by atoms with Crippen molar-refractivity contribution in [2.45, 2.75) is 6.42 Å². The average Bonchev–Trinajstić information content (AvgIpc) is 2.47. The van der Waals surface area contributed by atoms with E-state index in [1.165, 1.54) is 0 Å². The van der Waals surface area contributed by atoms with E-state index in [-0.39, 0.29) is 5.78 Å². The number of carbonyl (C=O) groups excluding carboxylic acids is 1. The van der Waals surface area contributed by atoms with Crippen molar-refractivity contribution in [3.8, 4) is 11.5 Å². The molecule has 0 heterocycles. The highest BCUT2D eigenvalue weighted by molar-refractivity contribution is 5.98. The van der Waals surface area contributed by atoms with Crippen LogP contribution in [-0.2, 0) is 6.42 Å². The SMILES string of the molecule is COc1cc(OC)cc(C(=O)Cc2ccccc2)c1. The van der Waals surface area contributed by atoms with Crippen LogP contribution in [0.3, 0.4) is 0 Å². The van der Waals surface area contributed by atoms with Crippen LogP contribution >= 0.6 is 0 Å². The van der Waals surface area contributed by atoms with E-state index in [4.69, 9.17) is 9.47 Å². The molecular weight excluding hydrogens is 240 g/mol. The number of rotatable bonds is 5. The Morgan fingerprint density at radius 3 is 2.05 bits per heavy atom. The molecule has 3 heteroatoms. The van der Waals surface area contributed by atoms with Crippen LogP contribution in [0.1, 0.15) is 15.9 Å². The molecule has 0 aliphatic heterocycles. The van der Waals surface area contributed by atoms with Crippen molar-refractivity contribution in [3.63, 3.8) is 0 Å². The zero-order chi connectivity index (χ0) is 13.7. The summed E-state index contributed by atoms with van der Waals surface area (Å²) in [4.78, 5) is 12.2. The van der Waals surface area contributed by atoms with Gasteiger partial charge in [0.2, 0.25) is 0 Å². The largest absolute Gasteiger partial charge is 0.497 e. The summed E-state index contributed by atoms with van der Waals surface area (Å²) in [5.74, 6) is 1.29. The molecule has 98 valence electrons. The molecule has 2 aromatic carbocycles. The van der Waals surface area contributed by atoms with Gasteiger partial charge in [-0.2, -0.15) is 0 Å². The predicted octanol–water partition coefficient (Wildman–Crippen LogP) is 3.13. The maximum Gasteiger partial charge on any atom is 0.167 e. The number of carbonyl (C=O) groups is 1. The first kappa shape index (κ1) is 13.1. The zero-order valence-corrected chi connectivity index (χ0v) is 11.1. The average molecular weight is 256 g/mol. The van der Waals surface area contributed by atoms with Crippen LogP contribution in [0.5, 0.6) is 11.5 Å². The van der Waals surface area contributed by atoms with Gasteiger partial charge in [0.05, 0.1) is 14.2 Å². The molecule has 19 heavy (non-hydrogen) atoms. The summed E-state index contributed by atoms with van der Waals surface area (Å²) in [6.07, 6.45) is 0.372. The van der Waals surface area contributed by atoms with E-state index in [2.05, 4.69) is 0 Å². The Labute approximate surface area is 112 Å². The zero-order valence-electron chi connectivity index (χ0n) is 11.1. The lowest BCUT2D eigenvalue weighted by atomic mass is 10.0. The van der Waals surface area contributed by atoms with E-state index in [1.54, 1.807) is 32.4 Å². The smallest absolute Gasteiger partial charge is 0.167 e. The summed E-state index contributed by atoms with van der Waals surface area (Å²) in [6, 6.07) is 14.9. The highest BCUT2D eigenvalue weighted by Gasteiger charge is 2.10. The van der Waals surface area contributed by atoms with Crippen LogP contribution in [0.4, 0.5) is 0 Å². The van der Waals surface area contributed by atoms with E-state index >= 15 is 0 Å². The summed E-state index contributed by atoms with van der Waals surface area (Å²) in [5.41, 5.74) is 1.59. The van der Waals surface area contributed by atoms with Crippen LogP contribution in [0.25, 0.3) is 0 Å². The normalized spacial score (nSPS) is 10.0. The summed E-state index contributed by atoms with van der Waals surface area (Å²) in [7, 11) is 3.14. The van der Waals surface area contributed by atoms with Crippen LogP contribution in [0.2, 0.25) is 0 Å². The third-order valence-corrected chi connectivity index (χ3v) is 2.88. The topological polar surface area (TPSA) is 35.5 Å². The van der Waals surface area contributed by atoms with Crippen molar-refractivity contribution in [2.75, 3.05) is 14.2 Å². The molecule has 2 rings (SSSR count). The van der Waals surface area contributed by atoms with Crippen molar-refractivity contribution in [1.29, 1.82) is 0 Å². The quantitative estimate of drug-likeness (QED) is 0.771. The molecule has 0 N–H and O–H groups in total. The van der Waals surface area contributed by atoms with Crippen LogP contribution in [0, 0.1) is 0 Å². The lowest BCUT2D eigenvalue weighted by Crippen LogP contribution is -2.04. The van der Waals surface area contributed by atoms with Gasteiger partial charge in [-0.3, -0.25) is 4.79 Å². The second kappa shape index (κ2) is 6.05. The Hall–Kier alpha value is -2.29. The fraction of sp³-hybridized carbons (Fsp3) is 0.188. The first-order valence-corrected chi connectivity index (χ1v) is 6.03. The number of hydrogen-bond donors (Lipinski definition) is 0. The minimum absolute atomic E-state index is 0.0448. The van der Waals surface area contributed by atoms with E-state index < -0.39 is 0 Å². The highest BCUT2D eigenvalue weighted by Crippen LogP contribution is 2.23.